The van der Waals surface area contributed by atoms with Crippen molar-refractivity contribution in [3.05, 3.63) is 23.6 Å². The fourth-order valence-corrected chi connectivity index (χ4v) is 2.54. The number of anilines is 1. The van der Waals surface area contributed by atoms with Crippen LogP contribution >= 0.6 is 0 Å². The summed E-state index contributed by atoms with van der Waals surface area (Å²) in [5.41, 5.74) is 6.47. The van der Waals surface area contributed by atoms with Gasteiger partial charge in [0.1, 0.15) is 11.6 Å². The van der Waals surface area contributed by atoms with Gasteiger partial charge in [-0.25, -0.2) is 9.37 Å². The number of pyridine rings is 1. The van der Waals surface area contributed by atoms with E-state index in [1.165, 1.54) is 18.7 Å². The third-order valence-corrected chi connectivity index (χ3v) is 3.96. The van der Waals surface area contributed by atoms with Crippen LogP contribution in [-0.2, 0) is 6.54 Å². The number of halogens is 1. The molecule has 0 aromatic carbocycles. The highest BCUT2D eigenvalue weighted by Crippen LogP contribution is 2.20. The minimum absolute atomic E-state index is 0.317. The lowest BCUT2D eigenvalue weighted by Crippen LogP contribution is -2.50. The average Bonchev–Trinajstić information content (AvgIpc) is 2.46. The highest BCUT2D eigenvalue weighted by molar-refractivity contribution is 5.47. The van der Waals surface area contributed by atoms with Crippen LogP contribution in [0.5, 0.6) is 0 Å². The molecule has 0 bridgehead atoms. The van der Waals surface area contributed by atoms with Gasteiger partial charge >= 0.3 is 0 Å². The summed E-state index contributed by atoms with van der Waals surface area (Å²) in [6.45, 7) is 8.70. The number of rotatable bonds is 4. The zero-order valence-corrected chi connectivity index (χ0v) is 11.8. The standard InChI is InChI=1S/C14H23FN4/c1-3-11(2)18-4-6-19(7-5-18)14-12(9-16)8-13(15)10-17-14/h8,10-11H,3-7,9,16H2,1-2H3. The van der Waals surface area contributed by atoms with Crippen LogP contribution in [0.25, 0.3) is 0 Å². The molecule has 1 aromatic rings. The number of hydrogen-bond donors (Lipinski definition) is 1. The van der Waals surface area contributed by atoms with E-state index < -0.39 is 0 Å². The van der Waals surface area contributed by atoms with E-state index in [9.17, 15) is 4.39 Å². The molecule has 0 spiro atoms. The fourth-order valence-electron chi connectivity index (χ4n) is 2.54. The van der Waals surface area contributed by atoms with Gasteiger partial charge in [0.2, 0.25) is 0 Å². The van der Waals surface area contributed by atoms with Crippen LogP contribution < -0.4 is 10.6 Å². The summed E-state index contributed by atoms with van der Waals surface area (Å²) in [7, 11) is 0. The molecule has 2 N–H and O–H groups in total. The molecule has 0 amide bonds. The smallest absolute Gasteiger partial charge is 0.141 e. The molecule has 1 fully saturated rings. The Morgan fingerprint density at radius 1 is 1.37 bits per heavy atom. The Bertz CT molecular complexity index is 416. The van der Waals surface area contributed by atoms with Crippen molar-refractivity contribution in [3.63, 3.8) is 0 Å². The zero-order valence-electron chi connectivity index (χ0n) is 11.8. The molecule has 19 heavy (non-hydrogen) atoms. The molecule has 1 saturated heterocycles. The van der Waals surface area contributed by atoms with Crippen LogP contribution in [0, 0.1) is 5.82 Å². The second-order valence-corrected chi connectivity index (χ2v) is 5.12. The fraction of sp³-hybridized carbons (Fsp3) is 0.643. The molecule has 1 atom stereocenters. The van der Waals surface area contributed by atoms with Crippen molar-refractivity contribution < 1.29 is 4.39 Å². The Morgan fingerprint density at radius 3 is 2.63 bits per heavy atom. The minimum Gasteiger partial charge on any atom is -0.354 e. The van der Waals surface area contributed by atoms with E-state index in [1.54, 1.807) is 0 Å². The van der Waals surface area contributed by atoms with Crippen molar-refractivity contribution in [2.45, 2.75) is 32.9 Å². The van der Waals surface area contributed by atoms with Gasteiger partial charge in [0.25, 0.3) is 0 Å². The maximum atomic E-state index is 13.2. The molecule has 1 aliphatic heterocycles. The maximum absolute atomic E-state index is 13.2. The topological polar surface area (TPSA) is 45.4 Å². The predicted octanol–water partition coefficient (Wildman–Crippen LogP) is 1.60. The van der Waals surface area contributed by atoms with Gasteiger partial charge < -0.3 is 10.6 Å². The van der Waals surface area contributed by atoms with E-state index in [0.29, 0.717) is 12.6 Å². The molecule has 0 aliphatic carbocycles. The highest BCUT2D eigenvalue weighted by Gasteiger charge is 2.22. The first-order chi connectivity index (χ1) is 9.15. The summed E-state index contributed by atoms with van der Waals surface area (Å²) in [6.07, 6.45) is 2.44. The molecule has 5 heteroatoms. The first kappa shape index (κ1) is 14.2. The van der Waals surface area contributed by atoms with Crippen LogP contribution in [-0.4, -0.2) is 42.1 Å². The maximum Gasteiger partial charge on any atom is 0.141 e. The van der Waals surface area contributed by atoms with Crippen molar-refractivity contribution >= 4 is 5.82 Å². The third kappa shape index (κ3) is 3.22. The molecule has 2 heterocycles. The molecule has 2 rings (SSSR count). The predicted molar refractivity (Wildman–Crippen MR) is 75.6 cm³/mol. The average molecular weight is 266 g/mol. The van der Waals surface area contributed by atoms with E-state index in [2.05, 4.69) is 28.6 Å². The monoisotopic (exact) mass is 266 g/mol. The molecular weight excluding hydrogens is 243 g/mol. The highest BCUT2D eigenvalue weighted by atomic mass is 19.1. The van der Waals surface area contributed by atoms with E-state index >= 15 is 0 Å². The van der Waals surface area contributed by atoms with Gasteiger partial charge in [-0.1, -0.05) is 6.92 Å². The number of aromatic nitrogens is 1. The SMILES string of the molecule is CCC(C)N1CCN(c2ncc(F)cc2CN)CC1. The second kappa shape index (κ2) is 6.30. The largest absolute Gasteiger partial charge is 0.354 e. The summed E-state index contributed by atoms with van der Waals surface area (Å²) in [5, 5.41) is 0. The lowest BCUT2D eigenvalue weighted by atomic mass is 10.1. The third-order valence-electron chi connectivity index (χ3n) is 3.96. The molecule has 4 nitrogen and oxygen atoms in total. The summed E-state index contributed by atoms with van der Waals surface area (Å²) in [4.78, 5) is 8.91. The van der Waals surface area contributed by atoms with Gasteiger partial charge in [0.05, 0.1) is 6.20 Å². The normalized spacial score (nSPS) is 18.6. The quantitative estimate of drug-likeness (QED) is 0.899. The number of nitrogens with zero attached hydrogens (tertiary/aromatic N) is 3. The Morgan fingerprint density at radius 2 is 2.05 bits per heavy atom. The minimum atomic E-state index is -0.317. The van der Waals surface area contributed by atoms with Crippen LogP contribution in [0.2, 0.25) is 0 Å². The van der Waals surface area contributed by atoms with Gasteiger partial charge in [-0.3, -0.25) is 4.90 Å². The van der Waals surface area contributed by atoms with Crippen molar-refractivity contribution in [3.8, 4) is 0 Å². The Kier molecular flexibility index (Phi) is 4.71. The Labute approximate surface area is 114 Å². The molecule has 0 saturated carbocycles. The van der Waals surface area contributed by atoms with Crippen LogP contribution in [0.4, 0.5) is 10.2 Å². The summed E-state index contributed by atoms with van der Waals surface area (Å²) >= 11 is 0. The first-order valence-corrected chi connectivity index (χ1v) is 6.99. The van der Waals surface area contributed by atoms with E-state index in [4.69, 9.17) is 5.73 Å². The lowest BCUT2D eigenvalue weighted by molar-refractivity contribution is 0.192. The lowest BCUT2D eigenvalue weighted by Gasteiger charge is -2.38. The number of piperazine rings is 1. The molecule has 1 aliphatic rings. The van der Waals surface area contributed by atoms with Gasteiger partial charge in [0.15, 0.2) is 0 Å². The molecule has 106 valence electrons. The summed E-state index contributed by atoms with van der Waals surface area (Å²) in [5.74, 6) is 0.523. The Balaban J connectivity index is 2.05. The van der Waals surface area contributed by atoms with Crippen molar-refractivity contribution in [1.29, 1.82) is 0 Å². The van der Waals surface area contributed by atoms with Gasteiger partial charge in [-0.2, -0.15) is 0 Å². The van der Waals surface area contributed by atoms with Crippen LogP contribution in [0.1, 0.15) is 25.8 Å². The Hall–Kier alpha value is -1.20. The van der Waals surface area contributed by atoms with Crippen molar-refractivity contribution in [2.24, 2.45) is 5.73 Å². The van der Waals surface area contributed by atoms with Gasteiger partial charge in [-0.05, 0) is 19.4 Å². The van der Waals surface area contributed by atoms with E-state index in [-0.39, 0.29) is 5.82 Å². The second-order valence-electron chi connectivity index (χ2n) is 5.12. The van der Waals surface area contributed by atoms with Crippen LogP contribution in [0.3, 0.4) is 0 Å². The van der Waals surface area contributed by atoms with Crippen molar-refractivity contribution in [2.75, 3.05) is 31.1 Å². The summed E-state index contributed by atoms with van der Waals surface area (Å²) in [6, 6.07) is 2.11. The molecule has 1 aromatic heterocycles. The zero-order chi connectivity index (χ0) is 13.8. The molecule has 1 unspecified atom stereocenters. The molecular formula is C14H23FN4. The number of hydrogen-bond acceptors (Lipinski definition) is 4. The van der Waals surface area contributed by atoms with Gasteiger partial charge in [0, 0.05) is 44.3 Å². The van der Waals surface area contributed by atoms with E-state index in [1.807, 2.05) is 0 Å². The van der Waals surface area contributed by atoms with Crippen molar-refractivity contribution in [1.82, 2.24) is 9.88 Å². The first-order valence-electron chi connectivity index (χ1n) is 6.99. The summed E-state index contributed by atoms with van der Waals surface area (Å²) < 4.78 is 13.2. The molecule has 0 radical (unpaired) electrons. The van der Waals surface area contributed by atoms with E-state index in [0.717, 1.165) is 37.6 Å². The number of nitrogens with two attached hydrogens (primary N) is 1. The van der Waals surface area contributed by atoms with Crippen LogP contribution in [0.15, 0.2) is 12.3 Å². The van der Waals surface area contributed by atoms with Gasteiger partial charge in [-0.15, -0.1) is 0 Å².